The first-order valence-electron chi connectivity index (χ1n) is 6.40. The molecule has 0 heterocycles. The van der Waals surface area contributed by atoms with Crippen molar-refractivity contribution in [1.82, 2.24) is 5.32 Å². The van der Waals surface area contributed by atoms with Gasteiger partial charge in [-0.3, -0.25) is 9.59 Å². The van der Waals surface area contributed by atoms with Gasteiger partial charge in [0.25, 0.3) is 0 Å². The van der Waals surface area contributed by atoms with Crippen molar-refractivity contribution in [3.8, 4) is 0 Å². The number of halogens is 1. The van der Waals surface area contributed by atoms with E-state index in [2.05, 4.69) is 10.6 Å². The molecule has 0 spiro atoms. The minimum atomic E-state index is -0.620. The van der Waals surface area contributed by atoms with E-state index in [4.69, 9.17) is 17.3 Å². The first kappa shape index (κ1) is 16.5. The Morgan fingerprint density at radius 2 is 2.00 bits per heavy atom. The second kappa shape index (κ2) is 7.26. The van der Waals surface area contributed by atoms with Crippen molar-refractivity contribution in [2.75, 3.05) is 11.9 Å². The minimum absolute atomic E-state index is 0.0179. The Labute approximate surface area is 123 Å². The van der Waals surface area contributed by atoms with Gasteiger partial charge in [0.2, 0.25) is 11.8 Å². The fourth-order valence-electron chi connectivity index (χ4n) is 1.52. The highest BCUT2D eigenvalue weighted by Gasteiger charge is 2.17. The van der Waals surface area contributed by atoms with Crippen LogP contribution in [0.2, 0.25) is 5.02 Å². The van der Waals surface area contributed by atoms with Gasteiger partial charge >= 0.3 is 0 Å². The molecular weight excluding hydrogens is 278 g/mol. The van der Waals surface area contributed by atoms with Crippen molar-refractivity contribution in [2.24, 2.45) is 11.7 Å². The molecule has 1 aromatic rings. The highest BCUT2D eigenvalue weighted by atomic mass is 35.5. The first-order chi connectivity index (χ1) is 9.31. The number of carbonyl (C=O) groups excluding carboxylic acids is 2. The van der Waals surface area contributed by atoms with Crippen LogP contribution in [0.4, 0.5) is 5.69 Å². The summed E-state index contributed by atoms with van der Waals surface area (Å²) in [4.78, 5) is 23.4. The molecular formula is C14H20ClN3O2. The molecule has 0 fully saturated rings. The molecule has 1 aromatic carbocycles. The van der Waals surface area contributed by atoms with Gasteiger partial charge in [-0.15, -0.1) is 0 Å². The van der Waals surface area contributed by atoms with Gasteiger partial charge in [-0.1, -0.05) is 31.5 Å². The predicted molar refractivity (Wildman–Crippen MR) is 80.6 cm³/mol. The zero-order valence-electron chi connectivity index (χ0n) is 11.9. The topological polar surface area (TPSA) is 84.2 Å². The van der Waals surface area contributed by atoms with Crippen LogP contribution in [0.5, 0.6) is 0 Å². The van der Waals surface area contributed by atoms with Crippen LogP contribution < -0.4 is 16.4 Å². The third-order valence-corrected chi connectivity index (χ3v) is 3.17. The summed E-state index contributed by atoms with van der Waals surface area (Å²) in [6.45, 7) is 5.45. The molecule has 0 radical (unpaired) electrons. The van der Waals surface area contributed by atoms with E-state index in [1.807, 2.05) is 26.8 Å². The summed E-state index contributed by atoms with van der Waals surface area (Å²) in [5, 5.41) is 5.60. The second-order valence-corrected chi connectivity index (χ2v) is 5.43. The minimum Gasteiger partial charge on any atom is -0.346 e. The standard InChI is InChI=1S/C14H20ClN3O2/c1-8(2)13(16)14(20)17-7-12(19)18-11-6-9(3)4-5-10(11)15/h4-6,8,13H,7,16H2,1-3H3,(H,17,20)(H,18,19)/t13-/m0/s1. The van der Waals surface area contributed by atoms with Crippen molar-refractivity contribution in [3.63, 3.8) is 0 Å². The number of hydrogen-bond acceptors (Lipinski definition) is 3. The molecule has 0 aliphatic heterocycles. The number of nitrogens with one attached hydrogen (secondary N) is 2. The van der Waals surface area contributed by atoms with Crippen LogP contribution in [0, 0.1) is 12.8 Å². The lowest BCUT2D eigenvalue weighted by atomic mass is 10.1. The van der Waals surface area contributed by atoms with Crippen LogP contribution in [0.3, 0.4) is 0 Å². The van der Waals surface area contributed by atoms with Crippen molar-refractivity contribution < 1.29 is 9.59 Å². The van der Waals surface area contributed by atoms with Gasteiger partial charge in [-0.05, 0) is 30.5 Å². The van der Waals surface area contributed by atoms with Gasteiger partial charge in [-0.2, -0.15) is 0 Å². The summed E-state index contributed by atoms with van der Waals surface area (Å²) in [7, 11) is 0. The highest BCUT2D eigenvalue weighted by molar-refractivity contribution is 6.33. The zero-order chi connectivity index (χ0) is 15.3. The van der Waals surface area contributed by atoms with Gasteiger partial charge in [0.15, 0.2) is 0 Å². The fraction of sp³-hybridized carbons (Fsp3) is 0.429. The lowest BCUT2D eigenvalue weighted by Crippen LogP contribution is -2.46. The maximum Gasteiger partial charge on any atom is 0.243 e. The number of anilines is 1. The maximum absolute atomic E-state index is 11.7. The molecule has 6 heteroatoms. The number of amides is 2. The summed E-state index contributed by atoms with van der Waals surface area (Å²) < 4.78 is 0. The molecule has 0 aliphatic rings. The van der Waals surface area contributed by atoms with Crippen LogP contribution in [0.15, 0.2) is 18.2 Å². The van der Waals surface area contributed by atoms with E-state index in [9.17, 15) is 9.59 Å². The number of rotatable bonds is 5. The Morgan fingerprint density at radius 3 is 2.60 bits per heavy atom. The third-order valence-electron chi connectivity index (χ3n) is 2.84. The lowest BCUT2D eigenvalue weighted by Gasteiger charge is -2.15. The maximum atomic E-state index is 11.7. The Balaban J connectivity index is 2.52. The summed E-state index contributed by atoms with van der Waals surface area (Å²) in [6, 6.07) is 4.70. The SMILES string of the molecule is Cc1ccc(Cl)c(NC(=O)CNC(=O)[C@@H](N)C(C)C)c1. The summed E-state index contributed by atoms with van der Waals surface area (Å²) in [5.41, 5.74) is 7.19. The summed E-state index contributed by atoms with van der Waals surface area (Å²) in [5.74, 6) is -0.670. The Morgan fingerprint density at radius 1 is 1.35 bits per heavy atom. The highest BCUT2D eigenvalue weighted by Crippen LogP contribution is 2.22. The number of benzene rings is 1. The first-order valence-corrected chi connectivity index (χ1v) is 6.78. The van der Waals surface area contributed by atoms with E-state index in [1.54, 1.807) is 12.1 Å². The van der Waals surface area contributed by atoms with Crippen molar-refractivity contribution in [1.29, 1.82) is 0 Å². The molecule has 2 amide bonds. The number of hydrogen-bond donors (Lipinski definition) is 3. The van der Waals surface area contributed by atoms with Gasteiger partial charge in [-0.25, -0.2) is 0 Å². The molecule has 5 nitrogen and oxygen atoms in total. The summed E-state index contributed by atoms with van der Waals surface area (Å²) >= 11 is 5.97. The van der Waals surface area contributed by atoms with Gasteiger partial charge in [0, 0.05) is 0 Å². The molecule has 0 aromatic heterocycles. The molecule has 20 heavy (non-hydrogen) atoms. The van der Waals surface area contributed by atoms with Crippen LogP contribution in [-0.2, 0) is 9.59 Å². The van der Waals surface area contributed by atoms with Gasteiger partial charge in [0.05, 0.1) is 23.3 Å². The number of aryl methyl sites for hydroxylation is 1. The molecule has 0 saturated carbocycles. The van der Waals surface area contributed by atoms with Crippen molar-refractivity contribution >= 4 is 29.1 Å². The Bertz CT molecular complexity index is 503. The average molecular weight is 298 g/mol. The number of nitrogens with two attached hydrogens (primary N) is 1. The average Bonchev–Trinajstić information content (AvgIpc) is 2.39. The van der Waals surface area contributed by atoms with Crippen LogP contribution >= 0.6 is 11.6 Å². The quantitative estimate of drug-likeness (QED) is 0.773. The molecule has 0 unspecified atom stereocenters. The van der Waals surface area contributed by atoms with E-state index in [0.717, 1.165) is 5.56 Å². The van der Waals surface area contributed by atoms with Gasteiger partial charge in [0.1, 0.15) is 0 Å². The molecule has 4 N–H and O–H groups in total. The number of carbonyl (C=O) groups is 2. The van der Waals surface area contributed by atoms with E-state index in [0.29, 0.717) is 10.7 Å². The van der Waals surface area contributed by atoms with E-state index < -0.39 is 6.04 Å². The fourth-order valence-corrected chi connectivity index (χ4v) is 1.68. The van der Waals surface area contributed by atoms with Crippen LogP contribution in [0.25, 0.3) is 0 Å². The van der Waals surface area contributed by atoms with E-state index >= 15 is 0 Å². The largest absolute Gasteiger partial charge is 0.346 e. The molecule has 110 valence electrons. The second-order valence-electron chi connectivity index (χ2n) is 5.02. The van der Waals surface area contributed by atoms with E-state index in [1.165, 1.54) is 0 Å². The predicted octanol–water partition coefficient (Wildman–Crippen LogP) is 1.69. The Hall–Kier alpha value is -1.59. The molecule has 0 aliphatic carbocycles. The molecule has 0 saturated heterocycles. The van der Waals surface area contributed by atoms with Crippen molar-refractivity contribution in [2.45, 2.75) is 26.8 Å². The van der Waals surface area contributed by atoms with E-state index in [-0.39, 0.29) is 24.3 Å². The zero-order valence-corrected chi connectivity index (χ0v) is 12.6. The Kier molecular flexibility index (Phi) is 5.98. The van der Waals surface area contributed by atoms with Gasteiger partial charge < -0.3 is 16.4 Å². The van der Waals surface area contributed by atoms with Crippen molar-refractivity contribution in [3.05, 3.63) is 28.8 Å². The molecule has 1 atom stereocenters. The van der Waals surface area contributed by atoms with Crippen LogP contribution in [0.1, 0.15) is 19.4 Å². The normalized spacial score (nSPS) is 12.1. The summed E-state index contributed by atoms with van der Waals surface area (Å²) in [6.07, 6.45) is 0. The molecule has 0 bridgehead atoms. The molecule has 1 rings (SSSR count). The van der Waals surface area contributed by atoms with Crippen LogP contribution in [-0.4, -0.2) is 24.4 Å². The monoisotopic (exact) mass is 297 g/mol. The smallest absolute Gasteiger partial charge is 0.243 e. The lowest BCUT2D eigenvalue weighted by molar-refractivity contribution is -0.125. The third kappa shape index (κ3) is 4.83.